The monoisotopic (exact) mass is 347 g/mol. The number of ether oxygens (including phenoxy) is 1. The van der Waals surface area contributed by atoms with E-state index in [1.807, 2.05) is 16.7 Å². The minimum atomic E-state index is -0.369. The number of nitrogens with zero attached hydrogens (tertiary/aromatic N) is 4. The summed E-state index contributed by atoms with van der Waals surface area (Å²) in [6.07, 6.45) is 0.900. The highest BCUT2D eigenvalue weighted by molar-refractivity contribution is 7.99. The standard InChI is InChI=1S/C16H21N5O2S/c1-2-12-5-3-4-6-13(12)21-15(20-7-9-23-10-8-20)18-19-16(21)24-11-14(17)22/h3-6H,2,7-11H2,1H3,(H2,17,22). The van der Waals surface area contributed by atoms with Crippen molar-refractivity contribution in [2.24, 2.45) is 5.73 Å². The van der Waals surface area contributed by atoms with Gasteiger partial charge in [-0.25, -0.2) is 0 Å². The average molecular weight is 347 g/mol. The number of hydrogen-bond acceptors (Lipinski definition) is 6. The van der Waals surface area contributed by atoms with Gasteiger partial charge in [0, 0.05) is 13.1 Å². The number of aryl methyl sites for hydroxylation is 1. The molecule has 2 aromatic rings. The quantitative estimate of drug-likeness (QED) is 0.792. The van der Waals surface area contributed by atoms with Crippen molar-refractivity contribution in [1.29, 1.82) is 0 Å². The van der Waals surface area contributed by atoms with E-state index in [-0.39, 0.29) is 11.7 Å². The number of carbonyl (C=O) groups is 1. The molecule has 0 unspecified atom stereocenters. The van der Waals surface area contributed by atoms with Gasteiger partial charge in [-0.3, -0.25) is 9.36 Å². The Hall–Kier alpha value is -2.06. The molecule has 2 N–H and O–H groups in total. The number of benzene rings is 1. The predicted octanol–water partition coefficient (Wildman–Crippen LogP) is 1.24. The van der Waals surface area contributed by atoms with Crippen molar-refractivity contribution in [3.05, 3.63) is 29.8 Å². The molecule has 8 heteroatoms. The zero-order valence-electron chi connectivity index (χ0n) is 13.6. The van der Waals surface area contributed by atoms with E-state index < -0.39 is 0 Å². The van der Waals surface area contributed by atoms with Gasteiger partial charge in [0.1, 0.15) is 0 Å². The zero-order valence-corrected chi connectivity index (χ0v) is 14.5. The van der Waals surface area contributed by atoms with Gasteiger partial charge in [-0.1, -0.05) is 36.9 Å². The molecule has 1 aromatic heterocycles. The van der Waals surface area contributed by atoms with Crippen molar-refractivity contribution < 1.29 is 9.53 Å². The summed E-state index contributed by atoms with van der Waals surface area (Å²) in [4.78, 5) is 13.3. The van der Waals surface area contributed by atoms with Crippen LogP contribution in [0, 0.1) is 0 Å². The normalized spacial score (nSPS) is 14.8. The highest BCUT2D eigenvalue weighted by Gasteiger charge is 2.23. The molecule has 7 nitrogen and oxygen atoms in total. The SMILES string of the molecule is CCc1ccccc1-n1c(SCC(N)=O)nnc1N1CCOCC1. The van der Waals surface area contributed by atoms with E-state index in [9.17, 15) is 4.79 Å². The number of anilines is 1. The Morgan fingerprint density at radius 1 is 1.29 bits per heavy atom. The molecule has 1 fully saturated rings. The highest BCUT2D eigenvalue weighted by atomic mass is 32.2. The predicted molar refractivity (Wildman–Crippen MR) is 93.7 cm³/mol. The van der Waals surface area contributed by atoms with Crippen molar-refractivity contribution in [1.82, 2.24) is 14.8 Å². The molecule has 1 aliphatic rings. The van der Waals surface area contributed by atoms with Crippen molar-refractivity contribution in [3.8, 4) is 5.69 Å². The molecule has 0 radical (unpaired) electrons. The van der Waals surface area contributed by atoms with E-state index in [2.05, 4.69) is 34.2 Å². The molecule has 1 aliphatic heterocycles. The van der Waals surface area contributed by atoms with E-state index in [1.165, 1.54) is 17.3 Å². The number of nitrogens with two attached hydrogens (primary N) is 1. The number of rotatable bonds is 6. The van der Waals surface area contributed by atoms with Crippen LogP contribution in [0.15, 0.2) is 29.4 Å². The number of thioether (sulfide) groups is 1. The number of hydrogen-bond donors (Lipinski definition) is 1. The molecule has 1 aromatic carbocycles. The van der Waals surface area contributed by atoms with Crippen LogP contribution in [-0.2, 0) is 16.0 Å². The zero-order chi connectivity index (χ0) is 16.9. The molecule has 2 heterocycles. The summed E-state index contributed by atoms with van der Waals surface area (Å²) in [5.41, 5.74) is 7.53. The summed E-state index contributed by atoms with van der Waals surface area (Å²) in [6.45, 7) is 5.01. The van der Waals surface area contributed by atoms with E-state index in [0.717, 1.165) is 31.1 Å². The Morgan fingerprint density at radius 2 is 2.04 bits per heavy atom. The van der Waals surface area contributed by atoms with Crippen LogP contribution in [0.5, 0.6) is 0 Å². The number of para-hydroxylation sites is 1. The molecular formula is C16H21N5O2S. The number of aromatic nitrogens is 3. The Balaban J connectivity index is 2.04. The topological polar surface area (TPSA) is 86.3 Å². The summed E-state index contributed by atoms with van der Waals surface area (Å²) in [5.74, 6) is 0.590. The molecule has 0 spiro atoms. The molecule has 0 aliphatic carbocycles. The fraction of sp³-hybridized carbons (Fsp3) is 0.438. The van der Waals surface area contributed by atoms with Gasteiger partial charge >= 0.3 is 0 Å². The first-order valence-corrected chi connectivity index (χ1v) is 8.96. The number of morpholine rings is 1. The molecule has 0 atom stereocenters. The maximum atomic E-state index is 11.2. The number of carbonyl (C=O) groups excluding carboxylic acids is 1. The average Bonchev–Trinajstić information content (AvgIpc) is 3.04. The Kier molecular flexibility index (Phi) is 5.37. The third-order valence-corrected chi connectivity index (χ3v) is 4.82. The summed E-state index contributed by atoms with van der Waals surface area (Å²) >= 11 is 1.31. The molecule has 0 saturated carbocycles. The first-order valence-electron chi connectivity index (χ1n) is 7.98. The lowest BCUT2D eigenvalue weighted by atomic mass is 10.1. The van der Waals surface area contributed by atoms with Crippen LogP contribution < -0.4 is 10.6 Å². The van der Waals surface area contributed by atoms with Gasteiger partial charge in [0.15, 0.2) is 5.16 Å². The van der Waals surface area contributed by atoms with E-state index in [1.54, 1.807) is 0 Å². The van der Waals surface area contributed by atoms with Gasteiger partial charge in [0.2, 0.25) is 11.9 Å². The van der Waals surface area contributed by atoms with Crippen LogP contribution >= 0.6 is 11.8 Å². The molecule has 0 bridgehead atoms. The summed E-state index contributed by atoms with van der Waals surface area (Å²) in [7, 11) is 0. The van der Waals surface area contributed by atoms with E-state index in [4.69, 9.17) is 10.5 Å². The number of primary amides is 1. The first kappa shape index (κ1) is 16.8. The second-order valence-corrected chi connectivity index (χ2v) is 6.40. The third kappa shape index (κ3) is 3.54. The van der Waals surface area contributed by atoms with Gasteiger partial charge < -0.3 is 15.4 Å². The lowest BCUT2D eigenvalue weighted by Gasteiger charge is -2.28. The van der Waals surface area contributed by atoms with Crippen molar-refractivity contribution in [2.75, 3.05) is 37.0 Å². The summed E-state index contributed by atoms with van der Waals surface area (Å²) in [6, 6.07) is 8.18. The van der Waals surface area contributed by atoms with Gasteiger partial charge in [-0.05, 0) is 18.1 Å². The van der Waals surface area contributed by atoms with E-state index >= 15 is 0 Å². The van der Waals surface area contributed by atoms with Crippen LogP contribution in [0.3, 0.4) is 0 Å². The lowest BCUT2D eigenvalue weighted by Crippen LogP contribution is -2.38. The van der Waals surface area contributed by atoms with Crippen LogP contribution in [0.25, 0.3) is 5.69 Å². The van der Waals surface area contributed by atoms with Gasteiger partial charge in [0.25, 0.3) is 0 Å². The Morgan fingerprint density at radius 3 is 2.75 bits per heavy atom. The second-order valence-electron chi connectivity index (χ2n) is 5.45. The maximum Gasteiger partial charge on any atom is 0.232 e. The minimum absolute atomic E-state index is 0.176. The molecule has 1 saturated heterocycles. The molecule has 24 heavy (non-hydrogen) atoms. The fourth-order valence-corrected chi connectivity index (χ4v) is 3.38. The van der Waals surface area contributed by atoms with Crippen LogP contribution in [0.2, 0.25) is 0 Å². The van der Waals surface area contributed by atoms with E-state index in [0.29, 0.717) is 18.4 Å². The molecular weight excluding hydrogens is 326 g/mol. The fourth-order valence-electron chi connectivity index (χ4n) is 2.70. The smallest absolute Gasteiger partial charge is 0.232 e. The van der Waals surface area contributed by atoms with Gasteiger partial charge in [-0.2, -0.15) is 0 Å². The van der Waals surface area contributed by atoms with Gasteiger partial charge in [-0.15, -0.1) is 10.2 Å². The maximum absolute atomic E-state index is 11.2. The lowest BCUT2D eigenvalue weighted by molar-refractivity contribution is -0.115. The molecule has 128 valence electrons. The summed E-state index contributed by atoms with van der Waals surface area (Å²) < 4.78 is 7.46. The van der Waals surface area contributed by atoms with Crippen molar-refractivity contribution in [3.63, 3.8) is 0 Å². The van der Waals surface area contributed by atoms with Crippen LogP contribution in [-0.4, -0.2) is 52.7 Å². The number of amides is 1. The second kappa shape index (κ2) is 7.67. The third-order valence-electron chi connectivity index (χ3n) is 3.87. The largest absolute Gasteiger partial charge is 0.378 e. The van der Waals surface area contributed by atoms with Crippen molar-refractivity contribution >= 4 is 23.6 Å². The minimum Gasteiger partial charge on any atom is -0.378 e. The summed E-state index contributed by atoms with van der Waals surface area (Å²) in [5, 5.41) is 9.36. The highest BCUT2D eigenvalue weighted by Crippen LogP contribution is 2.29. The Labute approximate surface area is 145 Å². The van der Waals surface area contributed by atoms with Crippen molar-refractivity contribution in [2.45, 2.75) is 18.5 Å². The van der Waals surface area contributed by atoms with Gasteiger partial charge in [0.05, 0.1) is 24.7 Å². The first-order chi connectivity index (χ1) is 11.7. The van der Waals surface area contributed by atoms with Crippen LogP contribution in [0.1, 0.15) is 12.5 Å². The Bertz CT molecular complexity index is 712. The molecule has 3 rings (SSSR count). The molecule has 1 amide bonds. The van der Waals surface area contributed by atoms with Crippen LogP contribution in [0.4, 0.5) is 5.95 Å².